The van der Waals surface area contributed by atoms with E-state index in [2.05, 4.69) is 24.5 Å². The van der Waals surface area contributed by atoms with E-state index in [1.54, 1.807) is 6.20 Å². The van der Waals surface area contributed by atoms with Crippen LogP contribution in [-0.4, -0.2) is 6.03 Å². The fraction of sp³-hybridized carbons (Fsp3) is 0.357. The number of carbonyl (C=O) groups is 1. The molecule has 0 aliphatic rings. The molecule has 0 fully saturated rings. The Labute approximate surface area is 103 Å². The van der Waals surface area contributed by atoms with Gasteiger partial charge in [-0.15, -0.1) is 0 Å². The highest BCUT2D eigenvalue weighted by atomic mass is 16.2. The van der Waals surface area contributed by atoms with Crippen LogP contribution in [0, 0.1) is 0 Å². The van der Waals surface area contributed by atoms with Crippen molar-refractivity contribution < 1.29 is 4.79 Å². The van der Waals surface area contributed by atoms with Crippen LogP contribution in [0.4, 0.5) is 10.5 Å². The smallest absolute Gasteiger partial charge is 0.314 e. The second kappa shape index (κ2) is 6.74. The van der Waals surface area contributed by atoms with Crippen LogP contribution in [0.15, 0.2) is 36.0 Å². The van der Waals surface area contributed by atoms with Crippen LogP contribution in [0.3, 0.4) is 0 Å². The van der Waals surface area contributed by atoms with Crippen molar-refractivity contribution in [1.82, 2.24) is 5.32 Å². The van der Waals surface area contributed by atoms with E-state index >= 15 is 0 Å². The van der Waals surface area contributed by atoms with Crippen molar-refractivity contribution >= 4 is 11.7 Å². The maximum atomic E-state index is 11.6. The van der Waals surface area contributed by atoms with Crippen molar-refractivity contribution in [2.24, 2.45) is 0 Å². The van der Waals surface area contributed by atoms with E-state index in [0.29, 0.717) is 0 Å². The molecule has 0 saturated heterocycles. The summed E-state index contributed by atoms with van der Waals surface area (Å²) >= 11 is 0. The summed E-state index contributed by atoms with van der Waals surface area (Å²) in [6.45, 7) is 6.11. The lowest BCUT2D eigenvalue weighted by atomic mass is 10.1. The molecule has 3 nitrogen and oxygen atoms in total. The molecule has 2 N–H and O–H groups in total. The Morgan fingerprint density at radius 2 is 2.00 bits per heavy atom. The molecule has 0 aromatic heterocycles. The van der Waals surface area contributed by atoms with Gasteiger partial charge in [0.25, 0.3) is 0 Å². The third kappa shape index (κ3) is 4.31. The molecule has 0 aliphatic heterocycles. The van der Waals surface area contributed by atoms with Crippen molar-refractivity contribution in [2.75, 3.05) is 5.32 Å². The maximum Gasteiger partial charge on any atom is 0.323 e. The molecule has 1 aromatic rings. The monoisotopic (exact) mass is 232 g/mol. The maximum absolute atomic E-state index is 11.6. The van der Waals surface area contributed by atoms with Crippen LogP contribution in [-0.2, 0) is 6.42 Å². The van der Waals surface area contributed by atoms with Gasteiger partial charge in [0, 0.05) is 11.9 Å². The molecule has 92 valence electrons. The predicted molar refractivity (Wildman–Crippen MR) is 72.0 cm³/mol. The molecule has 0 spiro atoms. The predicted octanol–water partition coefficient (Wildman–Crippen LogP) is 3.68. The molecule has 0 saturated carbocycles. The van der Waals surface area contributed by atoms with Gasteiger partial charge in [-0.05, 0) is 31.4 Å². The van der Waals surface area contributed by atoms with Crippen LogP contribution in [0.1, 0.15) is 32.8 Å². The van der Waals surface area contributed by atoms with Gasteiger partial charge in [-0.2, -0.15) is 0 Å². The number of carbonyl (C=O) groups excluding carboxylic acids is 1. The number of benzene rings is 1. The number of hydrogen-bond donors (Lipinski definition) is 2. The Hall–Kier alpha value is -1.77. The van der Waals surface area contributed by atoms with Gasteiger partial charge < -0.3 is 10.6 Å². The number of anilines is 1. The van der Waals surface area contributed by atoms with Crippen LogP contribution >= 0.6 is 0 Å². The third-order valence-electron chi connectivity index (χ3n) is 2.65. The Bertz CT molecular complexity index is 410. The molecule has 0 unspecified atom stereocenters. The molecule has 1 aromatic carbocycles. The number of nitrogens with one attached hydrogen (secondary N) is 2. The van der Waals surface area contributed by atoms with Crippen molar-refractivity contribution in [3.8, 4) is 0 Å². The first-order chi connectivity index (χ1) is 8.17. The number of urea groups is 1. The molecule has 2 amide bonds. The van der Waals surface area contributed by atoms with Gasteiger partial charge in [0.15, 0.2) is 0 Å². The van der Waals surface area contributed by atoms with Crippen LogP contribution in [0.25, 0.3) is 0 Å². The first kappa shape index (κ1) is 13.3. The normalized spacial score (nSPS) is 11.1. The topological polar surface area (TPSA) is 41.1 Å². The van der Waals surface area contributed by atoms with E-state index in [4.69, 9.17) is 0 Å². The standard InChI is InChI=1S/C14H20N2O/c1-4-11(3)10-15-14(17)16-13-9-7-6-8-12(13)5-2/h6-10H,4-5H2,1-3H3,(H2,15,16,17)/b11-10+. The number of hydrogen-bond acceptors (Lipinski definition) is 1. The lowest BCUT2D eigenvalue weighted by molar-refractivity contribution is 0.255. The average Bonchev–Trinajstić information content (AvgIpc) is 2.36. The molecule has 0 atom stereocenters. The molecule has 0 radical (unpaired) electrons. The lowest BCUT2D eigenvalue weighted by Crippen LogP contribution is -2.24. The van der Waals surface area contributed by atoms with E-state index in [1.165, 1.54) is 0 Å². The summed E-state index contributed by atoms with van der Waals surface area (Å²) in [5.74, 6) is 0. The molecule has 3 heteroatoms. The first-order valence-electron chi connectivity index (χ1n) is 5.98. The second-order valence-electron chi connectivity index (χ2n) is 3.95. The van der Waals surface area contributed by atoms with E-state index in [9.17, 15) is 4.79 Å². The summed E-state index contributed by atoms with van der Waals surface area (Å²) in [4.78, 5) is 11.6. The Morgan fingerprint density at radius 1 is 1.29 bits per heavy atom. The zero-order chi connectivity index (χ0) is 12.7. The van der Waals surface area contributed by atoms with Gasteiger partial charge in [0.1, 0.15) is 0 Å². The minimum atomic E-state index is -0.196. The van der Waals surface area contributed by atoms with Crippen LogP contribution in [0.2, 0.25) is 0 Å². The van der Waals surface area contributed by atoms with Gasteiger partial charge in [-0.3, -0.25) is 0 Å². The summed E-state index contributed by atoms with van der Waals surface area (Å²) in [6.07, 6.45) is 3.58. The zero-order valence-electron chi connectivity index (χ0n) is 10.7. The van der Waals surface area contributed by atoms with E-state index in [0.717, 1.165) is 29.7 Å². The summed E-state index contributed by atoms with van der Waals surface area (Å²) in [6, 6.07) is 7.63. The van der Waals surface area contributed by atoms with Gasteiger partial charge >= 0.3 is 6.03 Å². The SMILES string of the molecule is CC/C(C)=C/NC(=O)Nc1ccccc1CC. The Kier molecular flexibility index (Phi) is 5.27. The van der Waals surface area contributed by atoms with Gasteiger partial charge in [0.05, 0.1) is 0 Å². The molecular weight excluding hydrogens is 212 g/mol. The second-order valence-corrected chi connectivity index (χ2v) is 3.95. The molecule has 0 heterocycles. The molecule has 0 aliphatic carbocycles. The van der Waals surface area contributed by atoms with Crippen molar-refractivity contribution in [3.63, 3.8) is 0 Å². The number of amides is 2. The number of para-hydroxylation sites is 1. The highest BCUT2D eigenvalue weighted by molar-refractivity contribution is 5.90. The highest BCUT2D eigenvalue weighted by Gasteiger charge is 2.03. The van der Waals surface area contributed by atoms with Gasteiger partial charge in [-0.25, -0.2) is 4.79 Å². The lowest BCUT2D eigenvalue weighted by Gasteiger charge is -2.09. The van der Waals surface area contributed by atoms with E-state index in [1.807, 2.05) is 31.2 Å². The minimum Gasteiger partial charge on any atom is -0.314 e. The molecule has 0 bridgehead atoms. The zero-order valence-corrected chi connectivity index (χ0v) is 10.7. The molecule has 17 heavy (non-hydrogen) atoms. The van der Waals surface area contributed by atoms with E-state index < -0.39 is 0 Å². The average molecular weight is 232 g/mol. The Balaban J connectivity index is 2.62. The minimum absolute atomic E-state index is 0.196. The van der Waals surface area contributed by atoms with Crippen LogP contribution in [0.5, 0.6) is 0 Å². The van der Waals surface area contributed by atoms with Crippen molar-refractivity contribution in [1.29, 1.82) is 0 Å². The van der Waals surface area contributed by atoms with Gasteiger partial charge in [-0.1, -0.05) is 37.6 Å². The quantitative estimate of drug-likeness (QED) is 0.816. The fourth-order valence-corrected chi connectivity index (χ4v) is 1.40. The largest absolute Gasteiger partial charge is 0.323 e. The first-order valence-corrected chi connectivity index (χ1v) is 5.98. The highest BCUT2D eigenvalue weighted by Crippen LogP contribution is 2.14. The van der Waals surface area contributed by atoms with Gasteiger partial charge in [0.2, 0.25) is 0 Å². The number of rotatable bonds is 4. The van der Waals surface area contributed by atoms with Crippen molar-refractivity contribution in [3.05, 3.63) is 41.6 Å². The number of allylic oxidation sites excluding steroid dienone is 1. The molecule has 1 rings (SSSR count). The van der Waals surface area contributed by atoms with Crippen molar-refractivity contribution in [2.45, 2.75) is 33.6 Å². The summed E-state index contributed by atoms with van der Waals surface area (Å²) < 4.78 is 0. The van der Waals surface area contributed by atoms with Crippen LogP contribution < -0.4 is 10.6 Å². The Morgan fingerprint density at radius 3 is 2.65 bits per heavy atom. The van der Waals surface area contributed by atoms with E-state index in [-0.39, 0.29) is 6.03 Å². The number of aryl methyl sites for hydroxylation is 1. The molecular formula is C14H20N2O. The summed E-state index contributed by atoms with van der Waals surface area (Å²) in [7, 11) is 0. The third-order valence-corrected chi connectivity index (χ3v) is 2.65. The summed E-state index contributed by atoms with van der Waals surface area (Å²) in [5.41, 5.74) is 3.15. The summed E-state index contributed by atoms with van der Waals surface area (Å²) in [5, 5.41) is 5.57. The fourth-order valence-electron chi connectivity index (χ4n) is 1.40.